The van der Waals surface area contributed by atoms with E-state index in [0.29, 0.717) is 0 Å². The summed E-state index contributed by atoms with van der Waals surface area (Å²) in [4.78, 5) is 4.46. The van der Waals surface area contributed by atoms with Gasteiger partial charge >= 0.3 is 0 Å². The highest BCUT2D eigenvalue weighted by Gasteiger charge is 2.05. The number of fused-ring (bicyclic) bond motifs is 1. The minimum absolute atomic E-state index is 0.734. The van der Waals surface area contributed by atoms with Crippen LogP contribution in [0.5, 0.6) is 0 Å². The molecule has 0 spiro atoms. The summed E-state index contributed by atoms with van der Waals surface area (Å²) in [5.41, 5.74) is 0.954. The van der Waals surface area contributed by atoms with Gasteiger partial charge in [-0.15, -0.1) is 0 Å². The van der Waals surface area contributed by atoms with Crippen molar-refractivity contribution in [2.45, 2.75) is 0 Å². The van der Waals surface area contributed by atoms with Gasteiger partial charge in [-0.3, -0.25) is 0 Å². The van der Waals surface area contributed by atoms with Gasteiger partial charge in [0.2, 0.25) is 5.13 Å². The lowest BCUT2D eigenvalue weighted by Gasteiger charge is -1.90. The van der Waals surface area contributed by atoms with E-state index in [2.05, 4.69) is 10.1 Å². The van der Waals surface area contributed by atoms with Crippen LogP contribution in [0.1, 0.15) is 0 Å². The number of aromatic nitrogens is 3. The highest BCUT2D eigenvalue weighted by molar-refractivity contribution is 7.20. The lowest BCUT2D eigenvalue weighted by Crippen LogP contribution is -1.91. The smallest absolute Gasteiger partial charge is 0.211 e. The second-order valence-corrected chi connectivity index (χ2v) is 4.50. The summed E-state index contributed by atoms with van der Waals surface area (Å²) in [6.45, 7) is 0. The summed E-state index contributed by atoms with van der Waals surface area (Å²) in [6, 6.07) is 7.55. The number of hydrogen-bond donors (Lipinski definition) is 0. The zero-order chi connectivity index (χ0) is 10.3. The molecule has 1 aromatic carbocycles. The number of thiazole rings is 1. The van der Waals surface area contributed by atoms with Crippen LogP contribution in [0.4, 0.5) is 0 Å². The largest absolute Gasteiger partial charge is 0.218 e. The molecule has 0 bridgehead atoms. The van der Waals surface area contributed by atoms with E-state index in [0.717, 1.165) is 20.4 Å². The molecule has 3 rings (SSSR count). The van der Waals surface area contributed by atoms with Gasteiger partial charge in [-0.2, -0.15) is 5.10 Å². The third-order valence-corrected chi connectivity index (χ3v) is 3.28. The average molecular weight is 236 g/mol. The number of halogens is 1. The van der Waals surface area contributed by atoms with Gasteiger partial charge in [0.1, 0.15) is 0 Å². The molecule has 0 atom stereocenters. The first-order valence-corrected chi connectivity index (χ1v) is 5.58. The van der Waals surface area contributed by atoms with Crippen molar-refractivity contribution in [2.24, 2.45) is 0 Å². The van der Waals surface area contributed by atoms with Crippen LogP contribution in [0.25, 0.3) is 15.3 Å². The van der Waals surface area contributed by atoms with Crippen LogP contribution in [0, 0.1) is 0 Å². The fourth-order valence-corrected chi connectivity index (χ4v) is 2.55. The van der Waals surface area contributed by atoms with Crippen molar-refractivity contribution >= 4 is 33.2 Å². The zero-order valence-electron chi connectivity index (χ0n) is 7.59. The minimum atomic E-state index is 0.734. The second-order valence-electron chi connectivity index (χ2n) is 3.06. The molecule has 5 heteroatoms. The number of nitrogens with zero attached hydrogens (tertiary/aromatic N) is 3. The minimum Gasteiger partial charge on any atom is -0.218 e. The van der Waals surface area contributed by atoms with Gasteiger partial charge in [0.05, 0.1) is 10.2 Å². The van der Waals surface area contributed by atoms with Gasteiger partial charge in [-0.1, -0.05) is 22.9 Å². The standard InChI is InChI=1S/C10H6ClN3S/c11-7-2-3-8-9(6-7)15-10(13-8)14-5-1-4-12-14/h1-6H. The Morgan fingerprint density at radius 3 is 3.07 bits per heavy atom. The fraction of sp³-hybridized carbons (Fsp3) is 0. The van der Waals surface area contributed by atoms with Crippen molar-refractivity contribution < 1.29 is 0 Å². The maximum atomic E-state index is 5.91. The zero-order valence-corrected chi connectivity index (χ0v) is 9.16. The Kier molecular flexibility index (Phi) is 1.97. The van der Waals surface area contributed by atoms with E-state index in [4.69, 9.17) is 11.6 Å². The van der Waals surface area contributed by atoms with Crippen LogP contribution in [0.15, 0.2) is 36.7 Å². The van der Waals surface area contributed by atoms with Crippen LogP contribution in [-0.4, -0.2) is 14.8 Å². The molecule has 0 saturated carbocycles. The summed E-state index contributed by atoms with van der Waals surface area (Å²) in [5, 5.41) is 5.73. The topological polar surface area (TPSA) is 30.7 Å². The number of hydrogen-bond acceptors (Lipinski definition) is 3. The van der Waals surface area contributed by atoms with E-state index in [1.165, 1.54) is 0 Å². The van der Waals surface area contributed by atoms with Crippen molar-refractivity contribution in [3.8, 4) is 5.13 Å². The first-order valence-electron chi connectivity index (χ1n) is 4.39. The summed E-state index contributed by atoms with van der Waals surface area (Å²) < 4.78 is 2.83. The molecule has 0 unspecified atom stereocenters. The predicted molar refractivity (Wildman–Crippen MR) is 61.8 cm³/mol. The molecule has 0 fully saturated rings. The maximum Gasteiger partial charge on any atom is 0.211 e. The van der Waals surface area contributed by atoms with Gasteiger partial charge < -0.3 is 0 Å². The summed E-state index contributed by atoms with van der Waals surface area (Å²) >= 11 is 7.48. The molecule has 0 N–H and O–H groups in total. The third kappa shape index (κ3) is 1.52. The Morgan fingerprint density at radius 1 is 1.33 bits per heavy atom. The van der Waals surface area contributed by atoms with Crippen LogP contribution in [-0.2, 0) is 0 Å². The van der Waals surface area contributed by atoms with Gasteiger partial charge in [0.15, 0.2) is 0 Å². The molecule has 0 amide bonds. The molecule has 0 radical (unpaired) electrons. The Morgan fingerprint density at radius 2 is 2.27 bits per heavy atom. The van der Waals surface area contributed by atoms with Crippen LogP contribution >= 0.6 is 22.9 Å². The van der Waals surface area contributed by atoms with Gasteiger partial charge in [0, 0.05) is 17.4 Å². The van der Waals surface area contributed by atoms with Crippen LogP contribution in [0.3, 0.4) is 0 Å². The normalized spacial score (nSPS) is 11.0. The van der Waals surface area contributed by atoms with Crippen molar-refractivity contribution in [2.75, 3.05) is 0 Å². The molecule has 74 valence electrons. The summed E-state index contributed by atoms with van der Waals surface area (Å²) in [7, 11) is 0. The Labute approximate surface area is 94.9 Å². The molecule has 2 heterocycles. The first-order chi connectivity index (χ1) is 7.33. The average Bonchev–Trinajstić information content (AvgIpc) is 2.84. The third-order valence-electron chi connectivity index (χ3n) is 2.04. The molecular formula is C10H6ClN3S. The molecular weight excluding hydrogens is 230 g/mol. The fourth-order valence-electron chi connectivity index (χ4n) is 1.37. The predicted octanol–water partition coefficient (Wildman–Crippen LogP) is 3.14. The van der Waals surface area contributed by atoms with Crippen molar-refractivity contribution in [3.63, 3.8) is 0 Å². The molecule has 3 aromatic rings. The maximum absolute atomic E-state index is 5.91. The van der Waals surface area contributed by atoms with Crippen LogP contribution in [0.2, 0.25) is 5.02 Å². The summed E-state index contributed by atoms with van der Waals surface area (Å²) in [5.74, 6) is 0. The van der Waals surface area contributed by atoms with Crippen molar-refractivity contribution in [3.05, 3.63) is 41.7 Å². The molecule has 2 aromatic heterocycles. The highest BCUT2D eigenvalue weighted by Crippen LogP contribution is 2.26. The SMILES string of the molecule is Clc1ccc2nc(-n3cccn3)sc2c1. The number of benzene rings is 1. The van der Waals surface area contributed by atoms with Gasteiger partial charge in [-0.05, 0) is 24.3 Å². The number of rotatable bonds is 1. The van der Waals surface area contributed by atoms with E-state index in [-0.39, 0.29) is 0 Å². The molecule has 0 saturated heterocycles. The van der Waals surface area contributed by atoms with Crippen molar-refractivity contribution in [1.82, 2.24) is 14.8 Å². The first kappa shape index (κ1) is 8.88. The molecule has 15 heavy (non-hydrogen) atoms. The molecule has 0 aliphatic rings. The molecule has 0 aliphatic carbocycles. The monoisotopic (exact) mass is 235 g/mol. The summed E-state index contributed by atoms with van der Waals surface area (Å²) in [6.07, 6.45) is 3.61. The molecule has 3 nitrogen and oxygen atoms in total. The van der Waals surface area contributed by atoms with E-state index in [1.807, 2.05) is 30.5 Å². The second kappa shape index (κ2) is 3.32. The van der Waals surface area contributed by atoms with E-state index < -0.39 is 0 Å². The Hall–Kier alpha value is -1.39. The Bertz CT molecular complexity index is 600. The van der Waals surface area contributed by atoms with Crippen molar-refractivity contribution in [1.29, 1.82) is 0 Å². The highest BCUT2D eigenvalue weighted by atomic mass is 35.5. The molecule has 0 aliphatic heterocycles. The quantitative estimate of drug-likeness (QED) is 0.649. The van der Waals surface area contributed by atoms with E-state index in [9.17, 15) is 0 Å². The van der Waals surface area contributed by atoms with Crippen LogP contribution < -0.4 is 0 Å². The van der Waals surface area contributed by atoms with E-state index >= 15 is 0 Å². The lowest BCUT2D eigenvalue weighted by molar-refractivity contribution is 0.873. The lowest BCUT2D eigenvalue weighted by atomic mass is 10.3. The van der Waals surface area contributed by atoms with E-state index in [1.54, 1.807) is 22.2 Å². The Balaban J connectivity index is 2.22. The van der Waals surface area contributed by atoms with Gasteiger partial charge in [-0.25, -0.2) is 9.67 Å². The van der Waals surface area contributed by atoms with Gasteiger partial charge in [0.25, 0.3) is 0 Å².